The van der Waals surface area contributed by atoms with Crippen molar-refractivity contribution in [1.82, 2.24) is 0 Å². The molecule has 0 saturated heterocycles. The van der Waals surface area contributed by atoms with Crippen molar-refractivity contribution in [3.8, 4) is 11.5 Å². The molecule has 0 bridgehead atoms. The number of ether oxygens (including phenoxy) is 2. The number of benzene rings is 1. The van der Waals surface area contributed by atoms with Crippen LogP contribution in [0.4, 0.5) is 0 Å². The molecule has 1 aliphatic rings. The van der Waals surface area contributed by atoms with Gasteiger partial charge in [-0.3, -0.25) is 4.79 Å². The van der Waals surface area contributed by atoms with Crippen LogP contribution in [0.1, 0.15) is 17.4 Å². The molecule has 0 amide bonds. The van der Waals surface area contributed by atoms with Gasteiger partial charge in [0.2, 0.25) is 6.79 Å². The molecule has 4 nitrogen and oxygen atoms in total. The molecule has 0 fully saturated rings. The van der Waals surface area contributed by atoms with Crippen LogP contribution in [-0.2, 0) is 16.6 Å². The van der Waals surface area contributed by atoms with E-state index < -0.39 is 11.4 Å². The molecule has 2 heterocycles. The summed E-state index contributed by atoms with van der Waals surface area (Å²) in [4.78, 5) is 12.6. The maximum absolute atomic E-state index is 11.7. The maximum atomic E-state index is 11.7. The molecule has 1 N–H and O–H groups in total. The molecule has 0 saturated carbocycles. The molecule has 1 aliphatic heterocycles. The van der Waals surface area contributed by atoms with Gasteiger partial charge in [-0.1, -0.05) is 12.1 Å². The van der Waals surface area contributed by atoms with Gasteiger partial charge in [0.25, 0.3) is 0 Å². The first-order valence-electron chi connectivity index (χ1n) is 6.25. The van der Waals surface area contributed by atoms with Crippen molar-refractivity contribution in [3.63, 3.8) is 0 Å². The SMILES string of the molecule is CC(Cc1ccc2c(c1)OCO2)(C(=O)O)c1cccs1. The van der Waals surface area contributed by atoms with Crippen LogP contribution < -0.4 is 9.47 Å². The second-order valence-corrected chi connectivity index (χ2v) is 5.93. The third kappa shape index (κ3) is 2.14. The van der Waals surface area contributed by atoms with Crippen molar-refractivity contribution in [3.05, 3.63) is 46.2 Å². The van der Waals surface area contributed by atoms with E-state index in [0.29, 0.717) is 17.9 Å². The third-order valence-electron chi connectivity index (χ3n) is 3.53. The van der Waals surface area contributed by atoms with Crippen molar-refractivity contribution in [1.29, 1.82) is 0 Å². The molecule has 1 atom stereocenters. The van der Waals surface area contributed by atoms with Crippen molar-refractivity contribution in [2.75, 3.05) is 6.79 Å². The molecular weight excluding hydrogens is 276 g/mol. The summed E-state index contributed by atoms with van der Waals surface area (Å²) in [7, 11) is 0. The Hall–Kier alpha value is -2.01. The molecule has 104 valence electrons. The summed E-state index contributed by atoms with van der Waals surface area (Å²) >= 11 is 1.47. The molecule has 2 aromatic rings. The first kappa shape index (κ1) is 13.0. The molecule has 20 heavy (non-hydrogen) atoms. The highest BCUT2D eigenvalue weighted by Gasteiger charge is 2.36. The maximum Gasteiger partial charge on any atom is 0.315 e. The van der Waals surface area contributed by atoms with Crippen LogP contribution in [-0.4, -0.2) is 17.9 Å². The van der Waals surface area contributed by atoms with E-state index in [1.807, 2.05) is 35.7 Å². The number of thiophene rings is 1. The van der Waals surface area contributed by atoms with Crippen LogP contribution in [0.5, 0.6) is 11.5 Å². The van der Waals surface area contributed by atoms with E-state index in [9.17, 15) is 9.90 Å². The zero-order valence-electron chi connectivity index (χ0n) is 11.0. The Morgan fingerprint density at radius 1 is 1.35 bits per heavy atom. The highest BCUT2D eigenvalue weighted by molar-refractivity contribution is 7.10. The Morgan fingerprint density at radius 2 is 2.15 bits per heavy atom. The first-order valence-corrected chi connectivity index (χ1v) is 7.13. The van der Waals surface area contributed by atoms with E-state index >= 15 is 0 Å². The number of hydrogen-bond donors (Lipinski definition) is 1. The van der Waals surface area contributed by atoms with Crippen LogP contribution in [0.3, 0.4) is 0 Å². The van der Waals surface area contributed by atoms with E-state index in [1.54, 1.807) is 6.92 Å². The van der Waals surface area contributed by atoms with E-state index in [-0.39, 0.29) is 6.79 Å². The minimum Gasteiger partial charge on any atom is -0.481 e. The highest BCUT2D eigenvalue weighted by atomic mass is 32.1. The zero-order chi connectivity index (χ0) is 14.2. The monoisotopic (exact) mass is 290 g/mol. The first-order chi connectivity index (χ1) is 9.59. The number of hydrogen-bond acceptors (Lipinski definition) is 4. The zero-order valence-corrected chi connectivity index (χ0v) is 11.8. The predicted octanol–water partition coefficient (Wildman–Crippen LogP) is 3.06. The lowest BCUT2D eigenvalue weighted by atomic mass is 9.82. The largest absolute Gasteiger partial charge is 0.481 e. The summed E-state index contributed by atoms with van der Waals surface area (Å²) < 4.78 is 10.6. The van der Waals surface area contributed by atoms with E-state index in [4.69, 9.17) is 9.47 Å². The number of aliphatic carboxylic acids is 1. The second-order valence-electron chi connectivity index (χ2n) is 4.98. The predicted molar refractivity (Wildman–Crippen MR) is 75.6 cm³/mol. The fraction of sp³-hybridized carbons (Fsp3) is 0.267. The topological polar surface area (TPSA) is 55.8 Å². The summed E-state index contributed by atoms with van der Waals surface area (Å²) in [6.45, 7) is 1.98. The fourth-order valence-corrected chi connectivity index (χ4v) is 3.20. The van der Waals surface area contributed by atoms with Crippen LogP contribution in [0.2, 0.25) is 0 Å². The van der Waals surface area contributed by atoms with Gasteiger partial charge in [-0.05, 0) is 42.5 Å². The summed E-state index contributed by atoms with van der Waals surface area (Å²) in [5, 5.41) is 11.5. The lowest BCUT2D eigenvalue weighted by Crippen LogP contribution is -2.33. The van der Waals surface area contributed by atoms with Gasteiger partial charge in [0.15, 0.2) is 11.5 Å². The molecule has 1 aromatic heterocycles. The Labute approximate surface area is 120 Å². The smallest absolute Gasteiger partial charge is 0.315 e. The lowest BCUT2D eigenvalue weighted by molar-refractivity contribution is -0.143. The van der Waals surface area contributed by atoms with E-state index in [2.05, 4.69) is 0 Å². The Kier molecular flexibility index (Phi) is 3.14. The summed E-state index contributed by atoms with van der Waals surface area (Å²) in [6.07, 6.45) is 0.416. The molecule has 3 rings (SSSR count). The molecule has 0 aliphatic carbocycles. The molecule has 0 spiro atoms. The minimum absolute atomic E-state index is 0.222. The number of carboxylic acids is 1. The number of carboxylic acid groups (broad SMARTS) is 1. The van der Waals surface area contributed by atoms with Crippen molar-refractivity contribution < 1.29 is 19.4 Å². The Bertz CT molecular complexity index is 635. The van der Waals surface area contributed by atoms with Crippen LogP contribution in [0.25, 0.3) is 0 Å². The number of fused-ring (bicyclic) bond motifs is 1. The van der Waals surface area contributed by atoms with Crippen LogP contribution >= 0.6 is 11.3 Å². The van der Waals surface area contributed by atoms with Crippen molar-refractivity contribution in [2.24, 2.45) is 0 Å². The Balaban J connectivity index is 1.93. The van der Waals surface area contributed by atoms with Gasteiger partial charge < -0.3 is 14.6 Å². The quantitative estimate of drug-likeness (QED) is 0.940. The average Bonchev–Trinajstić information content (AvgIpc) is 3.09. The minimum atomic E-state index is -0.929. The summed E-state index contributed by atoms with van der Waals surface area (Å²) in [6, 6.07) is 9.32. The van der Waals surface area contributed by atoms with Gasteiger partial charge in [-0.2, -0.15) is 0 Å². The summed E-state index contributed by atoms with van der Waals surface area (Å²) in [5.74, 6) is 0.570. The Morgan fingerprint density at radius 3 is 2.85 bits per heavy atom. The van der Waals surface area contributed by atoms with Gasteiger partial charge >= 0.3 is 5.97 Å². The van der Waals surface area contributed by atoms with Crippen molar-refractivity contribution >= 4 is 17.3 Å². The van der Waals surface area contributed by atoms with Gasteiger partial charge in [0.05, 0.1) is 0 Å². The summed E-state index contributed by atoms with van der Waals surface area (Å²) in [5.41, 5.74) is -0.00505. The molecule has 0 radical (unpaired) electrons. The average molecular weight is 290 g/mol. The van der Waals surface area contributed by atoms with Gasteiger partial charge in [-0.15, -0.1) is 11.3 Å². The van der Waals surface area contributed by atoms with Gasteiger partial charge in [-0.25, -0.2) is 0 Å². The van der Waals surface area contributed by atoms with E-state index in [0.717, 1.165) is 10.4 Å². The number of rotatable bonds is 4. The van der Waals surface area contributed by atoms with Gasteiger partial charge in [0.1, 0.15) is 5.41 Å². The fourth-order valence-electron chi connectivity index (χ4n) is 2.32. The third-order valence-corrected chi connectivity index (χ3v) is 4.67. The lowest BCUT2D eigenvalue weighted by Gasteiger charge is -2.23. The van der Waals surface area contributed by atoms with Crippen LogP contribution in [0.15, 0.2) is 35.7 Å². The van der Waals surface area contributed by atoms with Gasteiger partial charge in [0, 0.05) is 4.88 Å². The molecular formula is C15H14O4S. The van der Waals surface area contributed by atoms with E-state index in [1.165, 1.54) is 11.3 Å². The molecule has 1 unspecified atom stereocenters. The molecule has 5 heteroatoms. The standard InChI is InChI=1S/C15H14O4S/c1-15(14(16)17,13-3-2-6-20-13)8-10-4-5-11-12(7-10)19-9-18-11/h2-7H,8-9H2,1H3,(H,16,17). The number of carbonyl (C=O) groups is 1. The van der Waals surface area contributed by atoms with Crippen LogP contribution in [0, 0.1) is 0 Å². The second kappa shape index (κ2) is 4.83. The molecule has 1 aromatic carbocycles. The highest BCUT2D eigenvalue weighted by Crippen LogP contribution is 2.36. The normalized spacial score (nSPS) is 15.8. The van der Waals surface area contributed by atoms with Crippen molar-refractivity contribution in [2.45, 2.75) is 18.8 Å².